The van der Waals surface area contributed by atoms with Crippen LogP contribution in [0, 0.1) is 0 Å². The van der Waals surface area contributed by atoms with Gasteiger partial charge in [-0.2, -0.15) is 0 Å². The first-order chi connectivity index (χ1) is 13.6. The fourth-order valence-corrected chi connectivity index (χ4v) is 4.49. The van der Waals surface area contributed by atoms with E-state index in [-0.39, 0.29) is 11.8 Å². The summed E-state index contributed by atoms with van der Waals surface area (Å²) in [6, 6.07) is 15.3. The zero-order valence-corrected chi connectivity index (χ0v) is 16.7. The number of quaternary nitrogens is 1. The predicted molar refractivity (Wildman–Crippen MR) is 112 cm³/mol. The van der Waals surface area contributed by atoms with E-state index in [2.05, 4.69) is 12.2 Å². The average molecular weight is 395 g/mol. The van der Waals surface area contributed by atoms with Crippen LogP contribution >= 0.6 is 11.8 Å². The van der Waals surface area contributed by atoms with Gasteiger partial charge < -0.3 is 15.1 Å². The van der Waals surface area contributed by atoms with Crippen molar-refractivity contribution in [3.05, 3.63) is 64.6 Å². The number of likely N-dealkylation sites (N-methyl/N-ethyl adjacent to an activating group) is 1. The van der Waals surface area contributed by atoms with E-state index in [1.807, 2.05) is 59.5 Å². The summed E-state index contributed by atoms with van der Waals surface area (Å²) < 4.78 is 0. The second kappa shape index (κ2) is 8.20. The summed E-state index contributed by atoms with van der Waals surface area (Å²) in [6.45, 7) is 6.94. The maximum Gasteiger partial charge on any atom is 0.262 e. The first-order valence-corrected chi connectivity index (χ1v) is 10.5. The number of fused-ring (bicyclic) bond motifs is 1. The number of thioether (sulfide) groups is 1. The van der Waals surface area contributed by atoms with Crippen molar-refractivity contribution in [2.24, 2.45) is 0 Å². The minimum Gasteiger partial charge on any atom is -0.332 e. The van der Waals surface area contributed by atoms with Crippen molar-refractivity contribution in [2.45, 2.75) is 11.8 Å². The van der Waals surface area contributed by atoms with E-state index >= 15 is 0 Å². The highest BCUT2D eigenvalue weighted by Gasteiger charge is 2.24. The van der Waals surface area contributed by atoms with E-state index in [4.69, 9.17) is 0 Å². The predicted octanol–water partition coefficient (Wildman–Crippen LogP) is 2.13. The summed E-state index contributed by atoms with van der Waals surface area (Å²) in [4.78, 5) is 30.2. The number of anilines is 1. The first-order valence-electron chi connectivity index (χ1n) is 9.67. The molecule has 0 spiro atoms. The maximum absolute atomic E-state index is 12.7. The standard InChI is InChI=1S/C22H23N3O2S/c1-2-24-11-13-25(14-12-24)22(27)17-9-7-16(8-10-17)15-20-21(26)23-18-5-3-4-6-19(18)28-20/h3-10,15H,2,11-14H2,1H3,(H,23,26)/p+1. The quantitative estimate of drug-likeness (QED) is 0.785. The molecule has 0 aromatic heterocycles. The molecule has 0 saturated carbocycles. The van der Waals surface area contributed by atoms with Crippen LogP contribution in [-0.2, 0) is 4.79 Å². The first kappa shape index (κ1) is 18.8. The van der Waals surface area contributed by atoms with Gasteiger partial charge in [0.25, 0.3) is 11.8 Å². The van der Waals surface area contributed by atoms with Crippen LogP contribution in [-0.4, -0.2) is 49.4 Å². The Morgan fingerprint density at radius 3 is 2.57 bits per heavy atom. The summed E-state index contributed by atoms with van der Waals surface area (Å²) in [5, 5.41) is 2.92. The molecule has 28 heavy (non-hydrogen) atoms. The third-order valence-corrected chi connectivity index (χ3v) is 6.39. The number of amides is 2. The molecule has 0 atom stereocenters. The molecule has 2 amide bonds. The molecule has 2 heterocycles. The summed E-state index contributed by atoms with van der Waals surface area (Å²) >= 11 is 1.47. The summed E-state index contributed by atoms with van der Waals surface area (Å²) in [7, 11) is 0. The Balaban J connectivity index is 1.46. The van der Waals surface area contributed by atoms with Crippen molar-refractivity contribution in [3.8, 4) is 0 Å². The number of nitrogens with one attached hydrogen (secondary N) is 2. The molecular weight excluding hydrogens is 370 g/mol. The van der Waals surface area contributed by atoms with E-state index in [0.717, 1.165) is 48.9 Å². The molecule has 1 fully saturated rings. The topological polar surface area (TPSA) is 53.9 Å². The number of nitrogens with zero attached hydrogens (tertiary/aromatic N) is 1. The molecule has 4 rings (SSSR count). The van der Waals surface area contributed by atoms with Gasteiger partial charge in [-0.25, -0.2) is 0 Å². The molecule has 0 unspecified atom stereocenters. The van der Waals surface area contributed by atoms with Crippen LogP contribution in [0.2, 0.25) is 0 Å². The highest BCUT2D eigenvalue weighted by atomic mass is 32.2. The zero-order chi connectivity index (χ0) is 19.5. The Labute approximate surface area is 169 Å². The number of hydrogen-bond donors (Lipinski definition) is 2. The van der Waals surface area contributed by atoms with Gasteiger partial charge >= 0.3 is 0 Å². The Bertz CT molecular complexity index is 916. The molecule has 2 aliphatic rings. The molecule has 2 N–H and O–H groups in total. The van der Waals surface area contributed by atoms with Crippen LogP contribution in [0.3, 0.4) is 0 Å². The van der Waals surface area contributed by atoms with Crippen LogP contribution in [0.4, 0.5) is 5.69 Å². The lowest BCUT2D eigenvalue weighted by atomic mass is 10.1. The number of carbonyl (C=O) groups is 2. The molecule has 2 aliphatic heterocycles. The van der Waals surface area contributed by atoms with E-state index in [1.54, 1.807) is 4.90 Å². The van der Waals surface area contributed by atoms with Gasteiger partial charge in [-0.1, -0.05) is 36.0 Å². The lowest BCUT2D eigenvalue weighted by Gasteiger charge is -2.31. The van der Waals surface area contributed by atoms with Crippen LogP contribution in [0.15, 0.2) is 58.3 Å². The zero-order valence-electron chi connectivity index (χ0n) is 15.9. The maximum atomic E-state index is 12.7. The highest BCUT2D eigenvalue weighted by Crippen LogP contribution is 2.38. The molecule has 144 valence electrons. The van der Waals surface area contributed by atoms with Crippen LogP contribution in [0.25, 0.3) is 6.08 Å². The number of benzene rings is 2. The molecule has 5 nitrogen and oxygen atoms in total. The second-order valence-electron chi connectivity index (χ2n) is 7.08. The second-order valence-corrected chi connectivity index (χ2v) is 8.16. The van der Waals surface area contributed by atoms with Gasteiger partial charge in [-0.15, -0.1) is 0 Å². The number of hydrogen-bond acceptors (Lipinski definition) is 3. The van der Waals surface area contributed by atoms with Crippen molar-refractivity contribution >= 4 is 35.3 Å². The number of rotatable bonds is 3. The van der Waals surface area contributed by atoms with Crippen LogP contribution in [0.5, 0.6) is 0 Å². The normalized spacial score (nSPS) is 18.7. The monoisotopic (exact) mass is 394 g/mol. The summed E-state index contributed by atoms with van der Waals surface area (Å²) in [6.07, 6.45) is 1.87. The third kappa shape index (κ3) is 3.98. The minimum absolute atomic E-state index is 0.0908. The van der Waals surface area contributed by atoms with Crippen molar-refractivity contribution in [3.63, 3.8) is 0 Å². The SMILES string of the molecule is CC[NH+]1CCN(C(=O)c2ccc(C=C3Sc4ccccc4NC3=O)cc2)CC1. The Morgan fingerprint density at radius 2 is 1.86 bits per heavy atom. The molecule has 1 saturated heterocycles. The van der Waals surface area contributed by atoms with Crippen LogP contribution in [0.1, 0.15) is 22.8 Å². The highest BCUT2D eigenvalue weighted by molar-refractivity contribution is 8.04. The molecule has 0 bridgehead atoms. The van der Waals surface area contributed by atoms with Crippen molar-refractivity contribution in [1.82, 2.24) is 4.90 Å². The van der Waals surface area contributed by atoms with Gasteiger partial charge in [0, 0.05) is 10.5 Å². The van der Waals surface area contributed by atoms with Crippen molar-refractivity contribution in [2.75, 3.05) is 38.0 Å². The third-order valence-electron chi connectivity index (χ3n) is 5.29. The fraction of sp³-hybridized carbons (Fsp3) is 0.273. The van der Waals surface area contributed by atoms with E-state index in [0.29, 0.717) is 10.5 Å². The van der Waals surface area contributed by atoms with Gasteiger partial charge in [0.1, 0.15) is 0 Å². The van der Waals surface area contributed by atoms with E-state index < -0.39 is 0 Å². The van der Waals surface area contributed by atoms with Gasteiger partial charge in [0.05, 0.1) is 43.3 Å². The minimum atomic E-state index is -0.0971. The van der Waals surface area contributed by atoms with Crippen molar-refractivity contribution in [1.29, 1.82) is 0 Å². The smallest absolute Gasteiger partial charge is 0.262 e. The molecule has 2 aromatic carbocycles. The molecule has 0 aliphatic carbocycles. The number of para-hydroxylation sites is 1. The number of carbonyl (C=O) groups excluding carboxylic acids is 2. The summed E-state index contributed by atoms with van der Waals surface area (Å²) in [5.74, 6) is -0.00628. The number of piperazine rings is 1. The Morgan fingerprint density at radius 1 is 1.14 bits per heavy atom. The fourth-order valence-electron chi connectivity index (χ4n) is 3.54. The lowest BCUT2D eigenvalue weighted by Crippen LogP contribution is -3.14. The molecule has 2 aromatic rings. The molecule has 6 heteroatoms. The summed E-state index contributed by atoms with van der Waals surface area (Å²) in [5.41, 5.74) is 2.46. The molecular formula is C22H24N3O2S+. The van der Waals surface area contributed by atoms with Crippen molar-refractivity contribution < 1.29 is 14.5 Å². The largest absolute Gasteiger partial charge is 0.332 e. The van der Waals surface area contributed by atoms with Gasteiger partial charge in [0.2, 0.25) is 0 Å². The van der Waals surface area contributed by atoms with Crippen LogP contribution < -0.4 is 10.2 Å². The van der Waals surface area contributed by atoms with Gasteiger partial charge in [0.15, 0.2) is 0 Å². The molecule has 0 radical (unpaired) electrons. The van der Waals surface area contributed by atoms with E-state index in [1.165, 1.54) is 11.8 Å². The average Bonchev–Trinajstić information content (AvgIpc) is 2.74. The lowest BCUT2D eigenvalue weighted by molar-refractivity contribution is -0.902. The Hall–Kier alpha value is -2.57. The van der Waals surface area contributed by atoms with E-state index in [9.17, 15) is 9.59 Å². The van der Waals surface area contributed by atoms with Gasteiger partial charge in [-0.3, -0.25) is 9.59 Å². The van der Waals surface area contributed by atoms with Gasteiger partial charge in [-0.05, 0) is 42.8 Å². The Kier molecular flexibility index (Phi) is 5.50.